The molecule has 0 fully saturated rings. The Hall–Kier alpha value is -0.570. The smallest absolute Gasteiger partial charge is 0.225 e. The lowest BCUT2D eigenvalue weighted by molar-refractivity contribution is -0.131. The minimum absolute atomic E-state index is 0.291. The number of amides is 1. The van der Waals surface area contributed by atoms with Gasteiger partial charge in [-0.3, -0.25) is 4.79 Å². The van der Waals surface area contributed by atoms with E-state index in [0.717, 1.165) is 12.8 Å². The molecule has 0 radical (unpaired) electrons. The molecule has 0 bridgehead atoms. The van der Waals surface area contributed by atoms with Gasteiger partial charge in [-0.2, -0.15) is 0 Å². The molecule has 1 amide bonds. The minimum atomic E-state index is -0.587. The third-order valence-electron chi connectivity index (χ3n) is 3.61. The van der Waals surface area contributed by atoms with E-state index in [1.807, 2.05) is 27.7 Å². The third kappa shape index (κ3) is 1.85. The van der Waals surface area contributed by atoms with Crippen molar-refractivity contribution in [3.05, 3.63) is 0 Å². The lowest BCUT2D eigenvalue weighted by Crippen LogP contribution is -2.58. The summed E-state index contributed by atoms with van der Waals surface area (Å²) < 4.78 is 0. The number of carbonyl (C=O) groups excluding carboxylic acids is 1. The van der Waals surface area contributed by atoms with Crippen LogP contribution in [0.4, 0.5) is 0 Å². The normalized spacial score (nSPS) is 16.7. The Kier molecular flexibility index (Phi) is 3.91. The number of hydrogen-bond acceptors (Lipinski definition) is 2. The van der Waals surface area contributed by atoms with Crippen molar-refractivity contribution in [2.24, 2.45) is 16.9 Å². The molecule has 3 heteroatoms. The van der Waals surface area contributed by atoms with Gasteiger partial charge in [-0.05, 0) is 26.2 Å². The fourth-order valence-corrected chi connectivity index (χ4v) is 1.80. The molecular weight excluding hydrogens is 164 g/mol. The Morgan fingerprint density at radius 3 is 1.62 bits per heavy atom. The second-order valence-corrected chi connectivity index (χ2v) is 3.91. The summed E-state index contributed by atoms with van der Waals surface area (Å²) >= 11 is 0. The van der Waals surface area contributed by atoms with Crippen LogP contribution in [0.2, 0.25) is 0 Å². The fourth-order valence-electron chi connectivity index (χ4n) is 1.80. The van der Waals surface area contributed by atoms with E-state index in [9.17, 15) is 4.79 Å². The Balaban J connectivity index is 5.03. The van der Waals surface area contributed by atoms with E-state index in [1.54, 1.807) is 0 Å². The van der Waals surface area contributed by atoms with Gasteiger partial charge in [0, 0.05) is 5.54 Å². The predicted octanol–water partition coefficient (Wildman–Crippen LogP) is 1.41. The third-order valence-corrected chi connectivity index (χ3v) is 3.61. The number of carbonyl (C=O) groups is 1. The van der Waals surface area contributed by atoms with E-state index in [0.29, 0.717) is 6.42 Å². The van der Waals surface area contributed by atoms with Gasteiger partial charge in [0.2, 0.25) is 5.91 Å². The molecule has 1 unspecified atom stereocenters. The summed E-state index contributed by atoms with van der Waals surface area (Å²) in [7, 11) is 0. The van der Waals surface area contributed by atoms with E-state index >= 15 is 0 Å². The molecule has 0 aliphatic heterocycles. The van der Waals surface area contributed by atoms with Gasteiger partial charge in [-0.1, -0.05) is 20.8 Å². The Bertz CT molecular complexity index is 187. The first-order valence-corrected chi connectivity index (χ1v) is 4.96. The average molecular weight is 186 g/mol. The highest BCUT2D eigenvalue weighted by Gasteiger charge is 2.45. The van der Waals surface area contributed by atoms with Gasteiger partial charge < -0.3 is 11.5 Å². The molecule has 0 aliphatic rings. The molecule has 0 rings (SSSR count). The second-order valence-electron chi connectivity index (χ2n) is 3.91. The van der Waals surface area contributed by atoms with Gasteiger partial charge in [0.25, 0.3) is 0 Å². The van der Waals surface area contributed by atoms with Crippen LogP contribution >= 0.6 is 0 Å². The zero-order valence-corrected chi connectivity index (χ0v) is 9.18. The molecule has 0 spiro atoms. The summed E-state index contributed by atoms with van der Waals surface area (Å²) in [6, 6.07) is 0. The summed E-state index contributed by atoms with van der Waals surface area (Å²) in [5.74, 6) is -0.291. The highest BCUT2D eigenvalue weighted by Crippen LogP contribution is 2.37. The minimum Gasteiger partial charge on any atom is -0.369 e. The van der Waals surface area contributed by atoms with E-state index in [4.69, 9.17) is 11.5 Å². The Labute approximate surface area is 80.9 Å². The lowest BCUT2D eigenvalue weighted by Gasteiger charge is -2.42. The van der Waals surface area contributed by atoms with Crippen LogP contribution in [-0.4, -0.2) is 11.4 Å². The number of primary amides is 1. The molecule has 13 heavy (non-hydrogen) atoms. The summed E-state index contributed by atoms with van der Waals surface area (Å²) in [5.41, 5.74) is 10.5. The molecular formula is C10H22N2O. The van der Waals surface area contributed by atoms with Crippen molar-refractivity contribution in [1.82, 2.24) is 0 Å². The summed E-state index contributed by atoms with van der Waals surface area (Å²) in [5, 5.41) is 0. The molecule has 0 saturated heterocycles. The predicted molar refractivity (Wildman–Crippen MR) is 55.1 cm³/mol. The quantitative estimate of drug-likeness (QED) is 0.681. The van der Waals surface area contributed by atoms with Crippen LogP contribution in [0.1, 0.15) is 47.0 Å². The Morgan fingerprint density at radius 1 is 1.15 bits per heavy atom. The molecule has 0 heterocycles. The van der Waals surface area contributed by atoms with Gasteiger partial charge >= 0.3 is 0 Å². The van der Waals surface area contributed by atoms with Crippen molar-refractivity contribution >= 4 is 5.91 Å². The van der Waals surface area contributed by atoms with Crippen molar-refractivity contribution in [3.8, 4) is 0 Å². The Morgan fingerprint density at radius 2 is 1.54 bits per heavy atom. The maximum atomic E-state index is 11.4. The molecule has 4 N–H and O–H groups in total. The second kappa shape index (κ2) is 4.09. The molecule has 78 valence electrons. The standard InChI is InChI=1S/C10H22N2O/c1-5-9(4,8(11)13)10(12,6-2)7-3/h5-7,12H2,1-4H3,(H2,11,13). The van der Waals surface area contributed by atoms with E-state index in [1.165, 1.54) is 0 Å². The molecule has 1 atom stereocenters. The van der Waals surface area contributed by atoms with Crippen LogP contribution in [0.5, 0.6) is 0 Å². The SMILES string of the molecule is CCC(N)(CC)C(C)(CC)C(N)=O. The zero-order chi connectivity index (χ0) is 10.7. The average Bonchev–Trinajstić information content (AvgIpc) is 2.14. The molecule has 0 aliphatic carbocycles. The van der Waals surface area contributed by atoms with Gasteiger partial charge in [0.05, 0.1) is 5.41 Å². The lowest BCUT2D eigenvalue weighted by atomic mass is 9.66. The van der Waals surface area contributed by atoms with Crippen LogP contribution in [0.25, 0.3) is 0 Å². The molecule has 0 aromatic carbocycles. The summed E-state index contributed by atoms with van der Waals surface area (Å²) in [6.45, 7) is 7.82. The highest BCUT2D eigenvalue weighted by molar-refractivity contribution is 5.82. The molecule has 0 aromatic heterocycles. The van der Waals surface area contributed by atoms with Crippen LogP contribution in [0, 0.1) is 5.41 Å². The maximum absolute atomic E-state index is 11.4. The van der Waals surface area contributed by atoms with Gasteiger partial charge in [0.1, 0.15) is 0 Å². The van der Waals surface area contributed by atoms with Crippen molar-refractivity contribution in [1.29, 1.82) is 0 Å². The van der Waals surface area contributed by atoms with Crippen LogP contribution in [0.15, 0.2) is 0 Å². The topological polar surface area (TPSA) is 69.1 Å². The van der Waals surface area contributed by atoms with Crippen molar-refractivity contribution in [2.45, 2.75) is 52.5 Å². The number of hydrogen-bond donors (Lipinski definition) is 2. The first kappa shape index (κ1) is 12.4. The van der Waals surface area contributed by atoms with Crippen LogP contribution in [0.3, 0.4) is 0 Å². The monoisotopic (exact) mass is 186 g/mol. The van der Waals surface area contributed by atoms with Gasteiger partial charge in [-0.15, -0.1) is 0 Å². The summed E-state index contributed by atoms with van der Waals surface area (Å²) in [4.78, 5) is 11.4. The highest BCUT2D eigenvalue weighted by atomic mass is 16.1. The van der Waals surface area contributed by atoms with E-state index in [-0.39, 0.29) is 5.91 Å². The van der Waals surface area contributed by atoms with Crippen molar-refractivity contribution in [3.63, 3.8) is 0 Å². The maximum Gasteiger partial charge on any atom is 0.225 e. The first-order valence-electron chi connectivity index (χ1n) is 4.96. The van der Waals surface area contributed by atoms with E-state index < -0.39 is 11.0 Å². The number of nitrogens with two attached hydrogens (primary N) is 2. The van der Waals surface area contributed by atoms with Crippen molar-refractivity contribution in [2.75, 3.05) is 0 Å². The fraction of sp³-hybridized carbons (Fsp3) is 0.900. The summed E-state index contributed by atoms with van der Waals surface area (Å²) in [6.07, 6.45) is 2.24. The largest absolute Gasteiger partial charge is 0.369 e. The zero-order valence-electron chi connectivity index (χ0n) is 9.18. The first-order chi connectivity index (χ1) is 5.88. The van der Waals surface area contributed by atoms with E-state index in [2.05, 4.69) is 0 Å². The van der Waals surface area contributed by atoms with Crippen molar-refractivity contribution < 1.29 is 4.79 Å². The van der Waals surface area contributed by atoms with Crippen LogP contribution in [-0.2, 0) is 4.79 Å². The van der Waals surface area contributed by atoms with Crippen LogP contribution < -0.4 is 11.5 Å². The van der Waals surface area contributed by atoms with Gasteiger partial charge in [0.15, 0.2) is 0 Å². The molecule has 0 saturated carbocycles. The number of rotatable bonds is 5. The molecule has 0 aromatic rings. The molecule has 3 nitrogen and oxygen atoms in total. The van der Waals surface area contributed by atoms with Gasteiger partial charge in [-0.25, -0.2) is 0 Å².